The van der Waals surface area contributed by atoms with Crippen LogP contribution in [-0.2, 0) is 10.0 Å². The molecule has 0 amide bonds. The lowest BCUT2D eigenvalue weighted by molar-refractivity contribution is 0.601. The van der Waals surface area contributed by atoms with E-state index >= 15 is 0 Å². The largest absolute Gasteiger partial charge is 0.336 e. The average Bonchev–Trinajstić information content (AvgIpc) is 3.00. The number of fused-ring (bicyclic) bond motifs is 1. The molecule has 7 nitrogen and oxygen atoms in total. The smallest absolute Gasteiger partial charge is 0.263 e. The summed E-state index contributed by atoms with van der Waals surface area (Å²) in [5, 5.41) is 3.69. The van der Waals surface area contributed by atoms with Crippen LogP contribution in [0.15, 0.2) is 63.6 Å². The molecule has 0 radical (unpaired) electrons. The summed E-state index contributed by atoms with van der Waals surface area (Å²) in [7, 11) is -3.89. The van der Waals surface area contributed by atoms with Crippen molar-refractivity contribution in [2.24, 2.45) is 4.99 Å². The van der Waals surface area contributed by atoms with Gasteiger partial charge in [0.1, 0.15) is 0 Å². The SMILES string of the molecule is CC1=NCC(C)=C1Nc1nc2cc(C)ccc2nc1NS(=O)(=O)c1ccc(Cl)cc1. The molecule has 0 saturated heterocycles. The second kappa shape index (κ2) is 7.70. The van der Waals surface area contributed by atoms with Gasteiger partial charge >= 0.3 is 0 Å². The average molecular weight is 442 g/mol. The third kappa shape index (κ3) is 4.01. The van der Waals surface area contributed by atoms with Gasteiger partial charge in [0.15, 0.2) is 11.6 Å². The quantitative estimate of drug-likeness (QED) is 0.605. The monoisotopic (exact) mass is 441 g/mol. The Balaban J connectivity index is 1.81. The van der Waals surface area contributed by atoms with Gasteiger partial charge in [0, 0.05) is 5.02 Å². The number of hydrogen-bond acceptors (Lipinski definition) is 6. The van der Waals surface area contributed by atoms with E-state index < -0.39 is 10.0 Å². The van der Waals surface area contributed by atoms with E-state index in [-0.39, 0.29) is 10.7 Å². The molecule has 0 atom stereocenters. The molecule has 0 unspecified atom stereocenters. The van der Waals surface area contributed by atoms with Crippen molar-refractivity contribution in [1.29, 1.82) is 0 Å². The van der Waals surface area contributed by atoms with Crippen molar-refractivity contribution in [1.82, 2.24) is 9.97 Å². The summed E-state index contributed by atoms with van der Waals surface area (Å²) in [4.78, 5) is 13.7. The van der Waals surface area contributed by atoms with E-state index in [2.05, 4.69) is 25.0 Å². The van der Waals surface area contributed by atoms with Gasteiger partial charge in [-0.05, 0) is 68.3 Å². The minimum absolute atomic E-state index is 0.0812. The number of sulfonamides is 1. The highest BCUT2D eigenvalue weighted by atomic mass is 35.5. The van der Waals surface area contributed by atoms with E-state index in [1.807, 2.05) is 39.0 Å². The zero-order valence-corrected chi connectivity index (χ0v) is 18.3. The van der Waals surface area contributed by atoms with Crippen molar-refractivity contribution < 1.29 is 8.42 Å². The molecule has 4 rings (SSSR count). The second-order valence-corrected chi connectivity index (χ2v) is 9.27. The number of aryl methyl sites for hydroxylation is 1. The zero-order chi connectivity index (χ0) is 21.5. The minimum atomic E-state index is -3.89. The van der Waals surface area contributed by atoms with E-state index in [0.717, 1.165) is 22.5 Å². The number of aromatic nitrogens is 2. The molecule has 1 aliphatic heterocycles. The molecule has 2 N–H and O–H groups in total. The maximum absolute atomic E-state index is 12.9. The van der Waals surface area contributed by atoms with Crippen LogP contribution in [0.2, 0.25) is 5.02 Å². The Kier molecular flexibility index (Phi) is 5.21. The Labute approximate surface area is 180 Å². The zero-order valence-electron chi connectivity index (χ0n) is 16.7. The van der Waals surface area contributed by atoms with E-state index in [1.165, 1.54) is 24.3 Å². The van der Waals surface area contributed by atoms with Gasteiger partial charge in [0.05, 0.1) is 33.9 Å². The van der Waals surface area contributed by atoms with Gasteiger partial charge in [-0.2, -0.15) is 0 Å². The van der Waals surface area contributed by atoms with Crippen LogP contribution in [0.4, 0.5) is 11.6 Å². The van der Waals surface area contributed by atoms with E-state index in [0.29, 0.717) is 28.4 Å². The standard InChI is InChI=1S/C21H20ClN5O2S/c1-12-4-9-17-18(10-12)25-20(26-19-13(2)11-23-14(19)3)21(24-17)27-30(28,29)16-7-5-15(22)6-8-16/h4-10H,11H2,1-3H3,(H,24,27)(H,25,26). The molecule has 1 aliphatic rings. The van der Waals surface area contributed by atoms with Crippen LogP contribution in [0.3, 0.4) is 0 Å². The maximum atomic E-state index is 12.9. The molecule has 0 aliphatic carbocycles. The first-order valence-electron chi connectivity index (χ1n) is 9.28. The Bertz CT molecular complexity index is 1320. The Morgan fingerprint density at radius 1 is 0.933 bits per heavy atom. The number of hydrogen-bond donors (Lipinski definition) is 2. The van der Waals surface area contributed by atoms with Gasteiger partial charge < -0.3 is 5.32 Å². The van der Waals surface area contributed by atoms with Crippen molar-refractivity contribution in [2.45, 2.75) is 25.7 Å². The van der Waals surface area contributed by atoms with Gasteiger partial charge in [0.25, 0.3) is 10.0 Å². The summed E-state index contributed by atoms with van der Waals surface area (Å²) in [6.07, 6.45) is 0. The number of nitrogens with one attached hydrogen (secondary N) is 2. The first-order valence-corrected chi connectivity index (χ1v) is 11.1. The predicted molar refractivity (Wildman–Crippen MR) is 121 cm³/mol. The summed E-state index contributed by atoms with van der Waals surface area (Å²) < 4.78 is 28.4. The van der Waals surface area contributed by atoms with Gasteiger partial charge in [-0.25, -0.2) is 18.4 Å². The number of halogens is 1. The Hall–Kier alpha value is -2.97. The van der Waals surface area contributed by atoms with Crippen LogP contribution in [0, 0.1) is 6.92 Å². The fraction of sp³-hybridized carbons (Fsp3) is 0.190. The molecular weight excluding hydrogens is 422 g/mol. The summed E-state index contributed by atoms with van der Waals surface area (Å²) in [6, 6.07) is 11.6. The molecule has 0 saturated carbocycles. The van der Waals surface area contributed by atoms with E-state index in [1.54, 1.807) is 0 Å². The fourth-order valence-electron chi connectivity index (χ4n) is 3.14. The lowest BCUT2D eigenvalue weighted by atomic mass is 10.2. The van der Waals surface area contributed by atoms with Gasteiger partial charge in [0.2, 0.25) is 0 Å². The second-order valence-electron chi connectivity index (χ2n) is 7.15. The molecule has 9 heteroatoms. The van der Waals surface area contributed by atoms with Crippen LogP contribution in [0.1, 0.15) is 19.4 Å². The van der Waals surface area contributed by atoms with Gasteiger partial charge in [-0.3, -0.25) is 9.71 Å². The Morgan fingerprint density at radius 2 is 1.63 bits per heavy atom. The highest BCUT2D eigenvalue weighted by Crippen LogP contribution is 2.28. The summed E-state index contributed by atoms with van der Waals surface area (Å²) >= 11 is 5.88. The number of benzene rings is 2. The molecular formula is C21H20ClN5O2S. The van der Waals surface area contributed by atoms with Crippen LogP contribution < -0.4 is 10.0 Å². The van der Waals surface area contributed by atoms with Crippen molar-refractivity contribution in [3.8, 4) is 0 Å². The summed E-state index contributed by atoms with van der Waals surface area (Å²) in [6.45, 7) is 6.43. The third-order valence-electron chi connectivity index (χ3n) is 4.76. The molecule has 0 bridgehead atoms. The number of aliphatic imine (C=N–C) groups is 1. The maximum Gasteiger partial charge on any atom is 0.263 e. The third-order valence-corrected chi connectivity index (χ3v) is 6.37. The highest BCUT2D eigenvalue weighted by molar-refractivity contribution is 7.92. The molecule has 30 heavy (non-hydrogen) atoms. The van der Waals surface area contributed by atoms with Crippen LogP contribution in [0.5, 0.6) is 0 Å². The van der Waals surface area contributed by atoms with Gasteiger partial charge in [-0.15, -0.1) is 0 Å². The van der Waals surface area contributed by atoms with Gasteiger partial charge in [-0.1, -0.05) is 17.7 Å². The summed E-state index contributed by atoms with van der Waals surface area (Å²) in [5.74, 6) is 0.428. The molecule has 154 valence electrons. The lowest BCUT2D eigenvalue weighted by Crippen LogP contribution is -2.17. The fourth-order valence-corrected chi connectivity index (χ4v) is 4.28. The topological polar surface area (TPSA) is 96.3 Å². The molecule has 0 fully saturated rings. The molecule has 1 aromatic heterocycles. The molecule has 0 spiro atoms. The first kappa shape index (κ1) is 20.3. The number of rotatable bonds is 5. The van der Waals surface area contributed by atoms with Crippen molar-refractivity contribution in [3.63, 3.8) is 0 Å². The molecule has 2 aromatic carbocycles. The normalized spacial score (nSPS) is 14.2. The van der Waals surface area contributed by atoms with E-state index in [4.69, 9.17) is 11.6 Å². The van der Waals surface area contributed by atoms with Crippen LogP contribution >= 0.6 is 11.6 Å². The minimum Gasteiger partial charge on any atom is -0.336 e. The summed E-state index contributed by atoms with van der Waals surface area (Å²) in [5.41, 5.74) is 4.99. The first-order chi connectivity index (χ1) is 14.2. The van der Waals surface area contributed by atoms with Crippen molar-refractivity contribution in [2.75, 3.05) is 16.6 Å². The van der Waals surface area contributed by atoms with Crippen molar-refractivity contribution in [3.05, 3.63) is 64.3 Å². The molecule has 3 aromatic rings. The van der Waals surface area contributed by atoms with Crippen LogP contribution in [0.25, 0.3) is 11.0 Å². The molecule has 2 heterocycles. The Morgan fingerprint density at radius 3 is 2.30 bits per heavy atom. The number of allylic oxidation sites excluding steroid dienone is 1. The van der Waals surface area contributed by atoms with Crippen molar-refractivity contribution >= 4 is 50.0 Å². The highest BCUT2D eigenvalue weighted by Gasteiger charge is 2.21. The predicted octanol–water partition coefficient (Wildman–Crippen LogP) is 4.55. The van der Waals surface area contributed by atoms with Crippen LogP contribution in [-0.4, -0.2) is 30.6 Å². The number of anilines is 2. The van der Waals surface area contributed by atoms with E-state index in [9.17, 15) is 8.42 Å². The number of nitrogens with zero attached hydrogens (tertiary/aromatic N) is 3. The lowest BCUT2D eigenvalue weighted by Gasteiger charge is -2.15.